The Labute approximate surface area is 118 Å². The van der Waals surface area contributed by atoms with Gasteiger partial charge in [-0.3, -0.25) is 14.5 Å². The van der Waals surface area contributed by atoms with E-state index in [9.17, 15) is 14.7 Å². The van der Waals surface area contributed by atoms with Gasteiger partial charge < -0.3 is 5.11 Å². The molecule has 0 saturated heterocycles. The minimum atomic E-state index is -0.459. The van der Waals surface area contributed by atoms with Crippen molar-refractivity contribution in [1.82, 2.24) is 4.90 Å². The third-order valence-electron chi connectivity index (χ3n) is 4.51. The molecule has 3 unspecified atom stereocenters. The molecule has 1 aromatic rings. The molecule has 1 heterocycles. The summed E-state index contributed by atoms with van der Waals surface area (Å²) in [6.45, 7) is 0.692. The molecule has 0 amide bonds. The molecule has 3 atom stereocenters. The van der Waals surface area contributed by atoms with Gasteiger partial charge in [0.2, 0.25) is 5.78 Å². The monoisotopic (exact) mass is 273 g/mol. The molecule has 1 fully saturated rings. The maximum atomic E-state index is 12.0. The molecule has 3 rings (SSSR count). The van der Waals surface area contributed by atoms with Crippen LogP contribution in [0.1, 0.15) is 42.9 Å². The van der Waals surface area contributed by atoms with E-state index in [1.54, 1.807) is 0 Å². The van der Waals surface area contributed by atoms with Gasteiger partial charge in [-0.25, -0.2) is 0 Å². The Bertz CT molecular complexity index is 528. The lowest BCUT2D eigenvalue weighted by molar-refractivity contribution is -0.134. The van der Waals surface area contributed by atoms with Gasteiger partial charge in [0, 0.05) is 12.6 Å². The molecular formula is C16H19NO3. The quantitative estimate of drug-likeness (QED) is 0.671. The van der Waals surface area contributed by atoms with Gasteiger partial charge in [0.05, 0.1) is 6.10 Å². The van der Waals surface area contributed by atoms with E-state index in [1.807, 2.05) is 24.3 Å². The second kappa shape index (κ2) is 5.46. The van der Waals surface area contributed by atoms with Crippen LogP contribution in [-0.4, -0.2) is 34.2 Å². The minimum Gasteiger partial charge on any atom is -0.393 e. The number of fused-ring (bicyclic) bond motifs is 1. The molecule has 1 aliphatic heterocycles. The van der Waals surface area contributed by atoms with Crippen LogP contribution in [0.5, 0.6) is 0 Å². The molecule has 0 aromatic heterocycles. The molecule has 0 spiro atoms. The molecule has 1 N–H and O–H groups in total. The van der Waals surface area contributed by atoms with Crippen molar-refractivity contribution in [2.45, 2.75) is 50.4 Å². The second-order valence-electron chi connectivity index (χ2n) is 5.77. The zero-order valence-corrected chi connectivity index (χ0v) is 11.4. The zero-order chi connectivity index (χ0) is 14.1. The van der Waals surface area contributed by atoms with Crippen molar-refractivity contribution in [1.29, 1.82) is 0 Å². The van der Waals surface area contributed by atoms with Gasteiger partial charge in [-0.2, -0.15) is 0 Å². The Hall–Kier alpha value is -1.52. The van der Waals surface area contributed by atoms with Gasteiger partial charge in [-0.05, 0) is 36.8 Å². The predicted octanol–water partition coefficient (Wildman–Crippen LogP) is 1.61. The van der Waals surface area contributed by atoms with E-state index in [0.717, 1.165) is 30.4 Å². The topological polar surface area (TPSA) is 57.6 Å². The number of ketones is 1. The molecule has 0 radical (unpaired) electrons. The average molecular weight is 273 g/mol. The van der Waals surface area contributed by atoms with Gasteiger partial charge in [0.1, 0.15) is 6.04 Å². The van der Waals surface area contributed by atoms with E-state index in [2.05, 4.69) is 4.90 Å². The first-order valence-corrected chi connectivity index (χ1v) is 7.21. The number of carbonyl (C=O) groups is 2. The summed E-state index contributed by atoms with van der Waals surface area (Å²) in [5.74, 6) is -0.380. The number of rotatable bonds is 3. The summed E-state index contributed by atoms with van der Waals surface area (Å²) < 4.78 is 0. The molecule has 4 nitrogen and oxygen atoms in total. The predicted molar refractivity (Wildman–Crippen MR) is 74.1 cm³/mol. The summed E-state index contributed by atoms with van der Waals surface area (Å²) in [6.07, 6.45) is 3.62. The summed E-state index contributed by atoms with van der Waals surface area (Å²) >= 11 is 0. The first-order valence-electron chi connectivity index (χ1n) is 7.21. The minimum absolute atomic E-state index is 0.181. The first kappa shape index (κ1) is 13.5. The molecule has 20 heavy (non-hydrogen) atoms. The summed E-state index contributed by atoms with van der Waals surface area (Å²) in [5, 5.41) is 9.86. The van der Waals surface area contributed by atoms with Gasteiger partial charge in [-0.1, -0.05) is 24.3 Å². The number of aliphatic hydroxyl groups is 1. The van der Waals surface area contributed by atoms with Crippen LogP contribution in [0.15, 0.2) is 24.3 Å². The maximum Gasteiger partial charge on any atom is 0.216 e. The molecule has 1 aromatic carbocycles. The first-order chi connectivity index (χ1) is 9.70. The van der Waals surface area contributed by atoms with Crippen molar-refractivity contribution in [3.05, 3.63) is 35.4 Å². The van der Waals surface area contributed by atoms with Crippen molar-refractivity contribution in [2.24, 2.45) is 0 Å². The fourth-order valence-electron chi connectivity index (χ4n) is 3.57. The third kappa shape index (κ3) is 2.30. The van der Waals surface area contributed by atoms with Crippen LogP contribution in [0.4, 0.5) is 0 Å². The van der Waals surface area contributed by atoms with Crippen LogP contribution in [0.25, 0.3) is 0 Å². The van der Waals surface area contributed by atoms with Gasteiger partial charge in [0.15, 0.2) is 6.29 Å². The Morgan fingerprint density at radius 3 is 2.85 bits per heavy atom. The number of nitrogens with zero attached hydrogens (tertiary/aromatic N) is 1. The Morgan fingerprint density at radius 2 is 2.10 bits per heavy atom. The van der Waals surface area contributed by atoms with Gasteiger partial charge in [0.25, 0.3) is 0 Å². The highest BCUT2D eigenvalue weighted by atomic mass is 16.3. The summed E-state index contributed by atoms with van der Waals surface area (Å²) in [4.78, 5) is 25.1. The van der Waals surface area contributed by atoms with Crippen molar-refractivity contribution < 1.29 is 14.7 Å². The molecule has 1 saturated carbocycles. The summed E-state index contributed by atoms with van der Waals surface area (Å²) in [7, 11) is 0. The number of benzene rings is 1. The Kier molecular flexibility index (Phi) is 3.68. The highest BCUT2D eigenvalue weighted by molar-refractivity contribution is 6.27. The van der Waals surface area contributed by atoms with E-state index >= 15 is 0 Å². The number of aldehydes is 1. The summed E-state index contributed by atoms with van der Waals surface area (Å²) in [5.41, 5.74) is 2.07. The van der Waals surface area contributed by atoms with E-state index < -0.39 is 6.04 Å². The van der Waals surface area contributed by atoms with Crippen LogP contribution >= 0.6 is 0 Å². The molecule has 0 bridgehead atoms. The van der Waals surface area contributed by atoms with Crippen molar-refractivity contribution in [3.8, 4) is 0 Å². The molecular weight excluding hydrogens is 254 g/mol. The van der Waals surface area contributed by atoms with Gasteiger partial charge >= 0.3 is 0 Å². The standard InChI is InChI=1S/C16H19NO3/c18-10-15(20)16-14-7-2-1-4-11(14)9-17(16)12-5-3-6-13(19)8-12/h1-2,4,7,10,12-13,16,19H,3,5-6,8-9H2. The highest BCUT2D eigenvalue weighted by Gasteiger charge is 2.40. The van der Waals surface area contributed by atoms with Crippen LogP contribution in [0.2, 0.25) is 0 Å². The van der Waals surface area contributed by atoms with E-state index in [1.165, 1.54) is 0 Å². The normalized spacial score (nSPS) is 29.9. The lowest BCUT2D eigenvalue weighted by atomic mass is 9.90. The number of carbonyl (C=O) groups excluding carboxylic acids is 2. The largest absolute Gasteiger partial charge is 0.393 e. The zero-order valence-electron chi connectivity index (χ0n) is 11.4. The van der Waals surface area contributed by atoms with Crippen molar-refractivity contribution in [2.75, 3.05) is 0 Å². The molecule has 4 heteroatoms. The Morgan fingerprint density at radius 1 is 1.30 bits per heavy atom. The molecule has 1 aliphatic carbocycles. The van der Waals surface area contributed by atoms with Crippen LogP contribution in [0, 0.1) is 0 Å². The fourth-order valence-corrected chi connectivity index (χ4v) is 3.57. The lowest BCUT2D eigenvalue weighted by Crippen LogP contribution is -2.41. The SMILES string of the molecule is O=CC(=O)C1c2ccccc2CN1C1CCCC(O)C1. The van der Waals surface area contributed by atoms with Crippen LogP contribution in [0.3, 0.4) is 0 Å². The third-order valence-corrected chi connectivity index (χ3v) is 4.51. The maximum absolute atomic E-state index is 12.0. The van der Waals surface area contributed by atoms with Crippen LogP contribution in [-0.2, 0) is 16.1 Å². The van der Waals surface area contributed by atoms with Crippen molar-refractivity contribution >= 4 is 12.1 Å². The average Bonchev–Trinajstić information content (AvgIpc) is 2.86. The number of Topliss-reactive ketones (excluding diaryl/α,β-unsaturated/α-hetero) is 1. The highest BCUT2D eigenvalue weighted by Crippen LogP contribution is 2.38. The summed E-state index contributed by atoms with van der Waals surface area (Å²) in [6, 6.07) is 7.53. The number of aliphatic hydroxyl groups excluding tert-OH is 1. The fraction of sp³-hybridized carbons (Fsp3) is 0.500. The van der Waals surface area contributed by atoms with Gasteiger partial charge in [-0.15, -0.1) is 0 Å². The number of hydrogen-bond acceptors (Lipinski definition) is 4. The van der Waals surface area contributed by atoms with Crippen molar-refractivity contribution in [3.63, 3.8) is 0 Å². The molecule has 106 valence electrons. The van der Waals surface area contributed by atoms with E-state index in [0.29, 0.717) is 19.3 Å². The Balaban J connectivity index is 1.91. The lowest BCUT2D eigenvalue weighted by Gasteiger charge is -2.36. The second-order valence-corrected chi connectivity index (χ2v) is 5.77. The van der Waals surface area contributed by atoms with Crippen LogP contribution < -0.4 is 0 Å². The molecule has 2 aliphatic rings. The number of hydrogen-bond donors (Lipinski definition) is 1. The van der Waals surface area contributed by atoms with E-state index in [-0.39, 0.29) is 17.9 Å². The smallest absolute Gasteiger partial charge is 0.216 e. The van der Waals surface area contributed by atoms with E-state index in [4.69, 9.17) is 0 Å².